The predicted molar refractivity (Wildman–Crippen MR) is 143 cm³/mol. The molecule has 13 nitrogen and oxygen atoms in total. The van der Waals surface area contributed by atoms with Gasteiger partial charge in [-0.15, -0.1) is 0 Å². The van der Waals surface area contributed by atoms with E-state index in [-0.39, 0.29) is 28.0 Å². The molecule has 0 radical (unpaired) electrons. The highest BCUT2D eigenvalue weighted by Crippen LogP contribution is 2.56. The molecule has 0 heterocycles. The molecule has 41 heavy (non-hydrogen) atoms. The molecule has 0 saturated heterocycles. The molecule has 1 fully saturated rings. The Balaban J connectivity index is 1.85. The summed E-state index contributed by atoms with van der Waals surface area (Å²) < 4.78 is 0. The zero-order chi connectivity index (χ0) is 30.1. The first kappa shape index (κ1) is 27.7. The van der Waals surface area contributed by atoms with E-state index < -0.39 is 80.4 Å². The van der Waals surface area contributed by atoms with Crippen molar-refractivity contribution in [2.24, 2.45) is 17.6 Å². The second-order valence-corrected chi connectivity index (χ2v) is 10.4. The maximum atomic E-state index is 14.1. The molecular weight excluding hydrogens is 538 g/mol. The summed E-state index contributed by atoms with van der Waals surface area (Å²) in [6.07, 6.45) is -0.438. The summed E-state index contributed by atoms with van der Waals surface area (Å²) in [6.45, 7) is 0. The van der Waals surface area contributed by atoms with Crippen LogP contribution < -0.4 is 5.73 Å². The van der Waals surface area contributed by atoms with Crippen LogP contribution in [0.25, 0.3) is 17.4 Å². The summed E-state index contributed by atoms with van der Waals surface area (Å²) >= 11 is 0. The third kappa shape index (κ3) is 3.78. The van der Waals surface area contributed by atoms with Crippen LogP contribution in [0.1, 0.15) is 16.7 Å². The van der Waals surface area contributed by atoms with Crippen molar-refractivity contribution in [3.8, 4) is 5.75 Å². The van der Waals surface area contributed by atoms with Gasteiger partial charge in [0.2, 0.25) is 5.78 Å². The van der Waals surface area contributed by atoms with Gasteiger partial charge >= 0.3 is 0 Å². The molecule has 212 valence electrons. The Bertz CT molecular complexity index is 1660. The van der Waals surface area contributed by atoms with Crippen molar-refractivity contribution in [2.75, 3.05) is 14.1 Å². The molecule has 0 unspecified atom stereocenters. The molecular formula is C28H25N3O10. The molecule has 2 aromatic carbocycles. The highest BCUT2D eigenvalue weighted by Gasteiger charge is 2.68. The Hall–Kier alpha value is -4.85. The SMILES string of the molecule is CN(C)[C@H]1C(=O)C(C(N)=O)=C(O)[C@]2(O)C(=O)C3=C(O)c4c(O)cccc4/C(=C\c4cccc([N+](=O)[O-])c4)[C@@H]3[C@@H](O)[C@H]12. The molecule has 5 rings (SSSR count). The van der Waals surface area contributed by atoms with Gasteiger partial charge in [-0.25, -0.2) is 0 Å². The van der Waals surface area contributed by atoms with Crippen molar-refractivity contribution in [2.45, 2.75) is 17.7 Å². The minimum Gasteiger partial charge on any atom is -0.508 e. The normalized spacial score (nSPS) is 28.5. The van der Waals surface area contributed by atoms with E-state index in [1.807, 2.05) is 0 Å². The van der Waals surface area contributed by atoms with Crippen molar-refractivity contribution >= 4 is 40.6 Å². The number of non-ortho nitro benzene ring substituents is 1. The molecule has 3 aliphatic rings. The van der Waals surface area contributed by atoms with Crippen LogP contribution in [0, 0.1) is 22.0 Å². The number of likely N-dealkylation sites (N-methyl/N-ethyl adjacent to an activating group) is 1. The van der Waals surface area contributed by atoms with Crippen LogP contribution in [0.4, 0.5) is 5.69 Å². The fourth-order valence-corrected chi connectivity index (χ4v) is 6.22. The van der Waals surface area contributed by atoms with Crippen molar-refractivity contribution in [3.63, 3.8) is 0 Å². The van der Waals surface area contributed by atoms with E-state index in [0.717, 1.165) is 0 Å². The van der Waals surface area contributed by atoms with E-state index in [2.05, 4.69) is 0 Å². The van der Waals surface area contributed by atoms with Gasteiger partial charge in [-0.2, -0.15) is 0 Å². The highest BCUT2D eigenvalue weighted by atomic mass is 16.6. The standard InChI is InChI=1S/C28H25N3O10/c1-30(2)21-20-23(34)17-14(10-11-5-3-6-12(9-11)31(40)41)13-7-4-8-15(32)16(13)22(33)18(17)25(36)28(20,39)26(37)19(24(21)35)27(29)38/h3-10,17,20-21,23,32-34,37,39H,1-2H3,(H2,29,38)/b14-10+/t17-,20-,21+,23+,28+/m0/s1. The number of Topliss-reactive ketones (excluding diaryl/α,β-unsaturated/α-hetero) is 2. The summed E-state index contributed by atoms with van der Waals surface area (Å²) in [5.74, 6) is -9.59. The van der Waals surface area contributed by atoms with Crippen LogP contribution in [0.5, 0.6) is 5.75 Å². The Labute approximate surface area is 231 Å². The Kier molecular flexibility index (Phi) is 6.33. The monoisotopic (exact) mass is 563 g/mol. The van der Waals surface area contributed by atoms with Crippen molar-refractivity contribution < 1.29 is 44.8 Å². The number of amides is 1. The lowest BCUT2D eigenvalue weighted by molar-refractivity contribution is -0.384. The number of benzene rings is 2. The minimum absolute atomic E-state index is 0.126. The number of nitro groups is 1. The summed E-state index contributed by atoms with van der Waals surface area (Å²) in [5.41, 5.74) is 0.715. The molecule has 5 atom stereocenters. The van der Waals surface area contributed by atoms with Gasteiger partial charge in [-0.3, -0.25) is 29.4 Å². The Morgan fingerprint density at radius 1 is 1.12 bits per heavy atom. The second kappa shape index (κ2) is 9.37. The average molecular weight is 564 g/mol. The lowest BCUT2D eigenvalue weighted by Crippen LogP contribution is -2.70. The quantitative estimate of drug-likeness (QED) is 0.174. The maximum absolute atomic E-state index is 14.1. The number of carbonyl (C=O) groups excluding carboxylic acids is 3. The summed E-state index contributed by atoms with van der Waals surface area (Å²) in [4.78, 5) is 51.7. The van der Waals surface area contributed by atoms with Gasteiger partial charge in [0.1, 0.15) is 22.8 Å². The van der Waals surface area contributed by atoms with Crippen LogP contribution in [0.15, 0.2) is 59.4 Å². The van der Waals surface area contributed by atoms with E-state index in [1.54, 1.807) is 0 Å². The van der Waals surface area contributed by atoms with Gasteiger partial charge < -0.3 is 31.3 Å². The number of aromatic hydroxyl groups is 1. The van der Waals surface area contributed by atoms with E-state index in [0.29, 0.717) is 0 Å². The number of phenolic OH excluding ortho intramolecular Hbond substituents is 1. The van der Waals surface area contributed by atoms with E-state index in [1.165, 1.54) is 67.5 Å². The van der Waals surface area contributed by atoms with E-state index in [4.69, 9.17) is 5.73 Å². The zero-order valence-electron chi connectivity index (χ0n) is 21.7. The van der Waals surface area contributed by atoms with Gasteiger partial charge in [-0.05, 0) is 36.9 Å². The Morgan fingerprint density at radius 3 is 2.39 bits per heavy atom. The molecule has 0 aliphatic heterocycles. The molecule has 3 aliphatic carbocycles. The summed E-state index contributed by atoms with van der Waals surface area (Å²) in [5, 5.41) is 68.0. The summed E-state index contributed by atoms with van der Waals surface area (Å²) in [7, 11) is 2.80. The smallest absolute Gasteiger partial charge is 0.270 e. The van der Waals surface area contributed by atoms with E-state index in [9.17, 15) is 50.0 Å². The fourth-order valence-electron chi connectivity index (χ4n) is 6.22. The first-order valence-electron chi connectivity index (χ1n) is 12.3. The lowest BCUT2D eigenvalue weighted by Gasteiger charge is -2.53. The number of aliphatic hydroxyl groups is 4. The Morgan fingerprint density at radius 2 is 1.78 bits per heavy atom. The molecule has 13 heteroatoms. The fraction of sp³-hybridized carbons (Fsp3) is 0.250. The molecule has 7 N–H and O–H groups in total. The van der Waals surface area contributed by atoms with Crippen LogP contribution in [-0.4, -0.2) is 84.7 Å². The molecule has 0 aromatic heterocycles. The number of nitro benzene ring substituents is 1. The van der Waals surface area contributed by atoms with E-state index >= 15 is 0 Å². The first-order valence-corrected chi connectivity index (χ1v) is 12.3. The second-order valence-electron chi connectivity index (χ2n) is 10.4. The van der Waals surface area contributed by atoms with Gasteiger partial charge in [0.25, 0.3) is 11.6 Å². The van der Waals surface area contributed by atoms with Crippen LogP contribution in [-0.2, 0) is 14.4 Å². The predicted octanol–water partition coefficient (Wildman–Crippen LogP) is 0.841. The number of hydrogen-bond donors (Lipinski definition) is 6. The number of phenols is 1. The third-order valence-corrected chi connectivity index (χ3v) is 7.93. The third-order valence-electron chi connectivity index (χ3n) is 7.93. The number of carbonyl (C=O) groups is 3. The van der Waals surface area contributed by atoms with Crippen LogP contribution in [0.3, 0.4) is 0 Å². The van der Waals surface area contributed by atoms with Crippen molar-refractivity contribution in [1.82, 2.24) is 4.90 Å². The number of rotatable bonds is 4. The number of aliphatic hydroxyl groups excluding tert-OH is 3. The number of nitrogens with two attached hydrogens (primary N) is 1. The summed E-state index contributed by atoms with van der Waals surface area (Å²) in [6, 6.07) is 8.08. The van der Waals surface area contributed by atoms with Crippen LogP contribution >= 0.6 is 0 Å². The topological polar surface area (TPSA) is 225 Å². The largest absolute Gasteiger partial charge is 0.508 e. The molecule has 2 aromatic rings. The number of primary amides is 1. The van der Waals surface area contributed by atoms with Gasteiger partial charge in [0.05, 0.1) is 34.1 Å². The van der Waals surface area contributed by atoms with Crippen molar-refractivity contribution in [1.29, 1.82) is 0 Å². The lowest BCUT2D eigenvalue weighted by atomic mass is 9.55. The minimum atomic E-state index is -3.06. The first-order chi connectivity index (χ1) is 19.2. The molecule has 1 amide bonds. The zero-order valence-corrected chi connectivity index (χ0v) is 21.7. The molecule has 0 spiro atoms. The number of fused-ring (bicyclic) bond motifs is 3. The molecule has 0 bridgehead atoms. The number of nitrogens with zero attached hydrogens (tertiary/aromatic N) is 2. The van der Waals surface area contributed by atoms with Gasteiger partial charge in [0, 0.05) is 18.1 Å². The number of ketones is 2. The van der Waals surface area contributed by atoms with Gasteiger partial charge in [0.15, 0.2) is 11.4 Å². The average Bonchev–Trinajstić information content (AvgIpc) is 2.90. The maximum Gasteiger partial charge on any atom is 0.270 e. The molecule has 1 saturated carbocycles. The highest BCUT2D eigenvalue weighted by molar-refractivity contribution is 6.25. The van der Waals surface area contributed by atoms with Crippen LogP contribution in [0.2, 0.25) is 0 Å². The number of hydrogen-bond acceptors (Lipinski definition) is 11. The van der Waals surface area contributed by atoms with Gasteiger partial charge in [-0.1, -0.05) is 30.3 Å². The van der Waals surface area contributed by atoms with Crippen molar-refractivity contribution in [3.05, 3.63) is 86.2 Å².